The average molecular weight is 621 g/mol. The summed E-state index contributed by atoms with van der Waals surface area (Å²) in [5.41, 5.74) is 3.98. The highest BCUT2D eigenvalue weighted by atomic mass is 16.6. The van der Waals surface area contributed by atoms with Gasteiger partial charge in [0.25, 0.3) is 5.91 Å². The molecule has 2 amide bonds. The van der Waals surface area contributed by atoms with E-state index in [0.717, 1.165) is 46.9 Å². The minimum atomic E-state index is -0.278. The zero-order valence-electron chi connectivity index (χ0n) is 26.3. The van der Waals surface area contributed by atoms with Crippen LogP contribution in [0, 0.1) is 5.92 Å². The Morgan fingerprint density at radius 1 is 1.02 bits per heavy atom. The number of hydrogen-bond donors (Lipinski definition) is 1. The lowest BCUT2D eigenvalue weighted by Crippen LogP contribution is -2.39. The second kappa shape index (κ2) is 14.4. The largest absolute Gasteiger partial charge is 0.445 e. The highest BCUT2D eigenvalue weighted by Crippen LogP contribution is 2.35. The summed E-state index contributed by atoms with van der Waals surface area (Å²) >= 11 is 0. The second-order valence-corrected chi connectivity index (χ2v) is 11.8. The van der Waals surface area contributed by atoms with Gasteiger partial charge in [-0.2, -0.15) is 5.10 Å². The van der Waals surface area contributed by atoms with Crippen molar-refractivity contribution in [1.82, 2.24) is 29.5 Å². The lowest BCUT2D eigenvalue weighted by molar-refractivity contribution is 0.0744. The number of nitrogens with zero attached hydrogens (tertiary/aromatic N) is 5. The number of benzene rings is 3. The molecule has 1 aliphatic rings. The number of fused-ring (bicyclic) bond motifs is 1. The van der Waals surface area contributed by atoms with Gasteiger partial charge in [-0.05, 0) is 41.5 Å². The number of aromatic nitrogens is 4. The van der Waals surface area contributed by atoms with E-state index < -0.39 is 0 Å². The van der Waals surface area contributed by atoms with Crippen LogP contribution < -0.4 is 0 Å². The van der Waals surface area contributed by atoms with Crippen LogP contribution in [0.1, 0.15) is 46.9 Å². The summed E-state index contributed by atoms with van der Waals surface area (Å²) in [7, 11) is 3.42. The summed E-state index contributed by atoms with van der Waals surface area (Å²) in [6.45, 7) is 2.42. The molecule has 5 aromatic rings. The van der Waals surface area contributed by atoms with E-state index in [1.165, 1.54) is 0 Å². The first-order valence-corrected chi connectivity index (χ1v) is 15.8. The molecular weight excluding hydrogens is 580 g/mol. The standard InChI is InChI=1S/C36H40N6O4/c1-40(19-20-45-2)35(43)31-23-42(39-34(31)30-14-8-12-28-11-6-7-13-29(28)30)33(32-22-37-25-38-32)21-26-15-17-41(18-16-26)36(44)46-24-27-9-4-3-5-10-27/h3-14,22-23,25-26,33H,15-21,24H2,1-2H3,(H,37,38). The number of nitrogens with one attached hydrogen (secondary N) is 1. The quantitative estimate of drug-likeness (QED) is 0.189. The molecule has 10 nitrogen and oxygen atoms in total. The first-order valence-electron chi connectivity index (χ1n) is 15.8. The van der Waals surface area contributed by atoms with E-state index in [2.05, 4.69) is 28.2 Å². The summed E-state index contributed by atoms with van der Waals surface area (Å²) in [4.78, 5) is 37.8. The van der Waals surface area contributed by atoms with Crippen molar-refractivity contribution in [3.8, 4) is 11.3 Å². The summed E-state index contributed by atoms with van der Waals surface area (Å²) < 4.78 is 12.7. The SMILES string of the molecule is COCCN(C)C(=O)c1cn(C(CC2CCN(C(=O)OCc3ccccc3)CC2)c2cnc[nH]2)nc1-c1cccc2ccccc12. The molecule has 0 radical (unpaired) electrons. The Kier molecular flexibility index (Phi) is 9.73. The third kappa shape index (κ3) is 6.97. The molecule has 0 saturated carbocycles. The van der Waals surface area contributed by atoms with Crippen LogP contribution in [0.15, 0.2) is 91.5 Å². The van der Waals surface area contributed by atoms with E-state index in [1.54, 1.807) is 30.3 Å². The van der Waals surface area contributed by atoms with Gasteiger partial charge in [-0.3, -0.25) is 9.48 Å². The molecule has 1 unspecified atom stereocenters. The molecule has 0 aliphatic carbocycles. The number of carbonyl (C=O) groups is 2. The van der Waals surface area contributed by atoms with Crippen molar-refractivity contribution in [2.45, 2.75) is 31.9 Å². The normalized spacial score (nSPS) is 14.3. The Bertz CT molecular complexity index is 1740. The number of likely N-dealkylation sites (N-methyl/N-ethyl adjacent to an activating group) is 1. The maximum Gasteiger partial charge on any atom is 0.410 e. The molecule has 0 bridgehead atoms. The summed E-state index contributed by atoms with van der Waals surface area (Å²) in [5.74, 6) is 0.220. The molecule has 10 heteroatoms. The van der Waals surface area contributed by atoms with Crippen LogP contribution in [-0.4, -0.2) is 81.9 Å². The van der Waals surface area contributed by atoms with Crippen molar-refractivity contribution >= 4 is 22.8 Å². The fourth-order valence-electron chi connectivity index (χ4n) is 6.18. The number of imidazole rings is 1. The maximum atomic E-state index is 13.9. The zero-order chi connectivity index (χ0) is 31.9. The Morgan fingerprint density at radius 2 is 1.78 bits per heavy atom. The van der Waals surface area contributed by atoms with E-state index in [-0.39, 0.29) is 24.6 Å². The number of amides is 2. The number of ether oxygens (including phenoxy) is 2. The van der Waals surface area contributed by atoms with Gasteiger partial charge in [0.15, 0.2) is 0 Å². The van der Waals surface area contributed by atoms with Crippen LogP contribution in [0.3, 0.4) is 0 Å². The molecule has 46 heavy (non-hydrogen) atoms. The third-order valence-electron chi connectivity index (χ3n) is 8.82. The van der Waals surface area contributed by atoms with Gasteiger partial charge in [-0.15, -0.1) is 0 Å². The minimum Gasteiger partial charge on any atom is -0.445 e. The van der Waals surface area contributed by atoms with Crippen LogP contribution in [0.2, 0.25) is 0 Å². The van der Waals surface area contributed by atoms with Crippen molar-refractivity contribution < 1.29 is 19.1 Å². The van der Waals surface area contributed by atoms with Gasteiger partial charge in [0.05, 0.1) is 36.4 Å². The summed E-state index contributed by atoms with van der Waals surface area (Å²) in [6.07, 6.45) is 7.56. The summed E-state index contributed by atoms with van der Waals surface area (Å²) in [6, 6.07) is 23.8. The van der Waals surface area contributed by atoms with Gasteiger partial charge >= 0.3 is 6.09 Å². The number of aromatic amines is 1. The monoisotopic (exact) mass is 620 g/mol. The molecular formula is C36H40N6O4. The molecule has 1 fully saturated rings. The van der Waals surface area contributed by atoms with Gasteiger partial charge < -0.3 is 24.3 Å². The second-order valence-electron chi connectivity index (χ2n) is 11.8. The molecule has 238 valence electrons. The Morgan fingerprint density at radius 3 is 2.54 bits per heavy atom. The highest BCUT2D eigenvalue weighted by Gasteiger charge is 2.30. The molecule has 0 spiro atoms. The van der Waals surface area contributed by atoms with Crippen molar-refractivity contribution in [3.05, 3.63) is 108 Å². The summed E-state index contributed by atoms with van der Waals surface area (Å²) in [5, 5.41) is 7.26. The lowest BCUT2D eigenvalue weighted by Gasteiger charge is -2.33. The van der Waals surface area contributed by atoms with Gasteiger partial charge in [0.1, 0.15) is 12.3 Å². The van der Waals surface area contributed by atoms with Gasteiger partial charge in [0.2, 0.25) is 0 Å². The van der Waals surface area contributed by atoms with Crippen LogP contribution in [0.4, 0.5) is 4.79 Å². The fraction of sp³-hybridized carbons (Fsp3) is 0.333. The number of rotatable bonds is 11. The molecule has 1 saturated heterocycles. The minimum absolute atomic E-state index is 0.114. The van der Waals surface area contributed by atoms with E-state index in [1.807, 2.05) is 71.7 Å². The Hall–Kier alpha value is -4.96. The number of hydrogen-bond acceptors (Lipinski definition) is 6. The fourth-order valence-corrected chi connectivity index (χ4v) is 6.18. The molecule has 3 heterocycles. The number of likely N-dealkylation sites (tertiary alicyclic amines) is 1. The molecule has 2 aromatic heterocycles. The number of piperidine rings is 1. The topological polar surface area (TPSA) is 106 Å². The first-order chi connectivity index (χ1) is 22.5. The number of H-pyrrole nitrogens is 1. The Labute approximate surface area is 268 Å². The van der Waals surface area contributed by atoms with Gasteiger partial charge in [-0.25, -0.2) is 9.78 Å². The predicted molar refractivity (Wildman–Crippen MR) is 176 cm³/mol. The van der Waals surface area contributed by atoms with Crippen molar-refractivity contribution in [2.75, 3.05) is 40.4 Å². The number of methoxy groups -OCH3 is 1. The average Bonchev–Trinajstić information content (AvgIpc) is 3.80. The van der Waals surface area contributed by atoms with Crippen molar-refractivity contribution in [1.29, 1.82) is 0 Å². The third-order valence-corrected chi connectivity index (χ3v) is 8.82. The van der Waals surface area contributed by atoms with E-state index in [9.17, 15) is 9.59 Å². The Balaban J connectivity index is 1.25. The predicted octanol–water partition coefficient (Wildman–Crippen LogP) is 6.17. The van der Waals surface area contributed by atoms with Gasteiger partial charge in [0, 0.05) is 45.6 Å². The molecule has 3 aromatic carbocycles. The van der Waals surface area contributed by atoms with E-state index in [0.29, 0.717) is 43.4 Å². The molecule has 1 N–H and O–H groups in total. The van der Waals surface area contributed by atoms with Gasteiger partial charge in [-0.1, -0.05) is 72.8 Å². The molecule has 1 atom stereocenters. The van der Waals surface area contributed by atoms with Crippen LogP contribution in [0.25, 0.3) is 22.0 Å². The van der Waals surface area contributed by atoms with Crippen LogP contribution in [-0.2, 0) is 16.1 Å². The van der Waals surface area contributed by atoms with Crippen molar-refractivity contribution in [2.24, 2.45) is 5.92 Å². The van der Waals surface area contributed by atoms with Crippen molar-refractivity contribution in [3.63, 3.8) is 0 Å². The maximum absolute atomic E-state index is 13.9. The lowest BCUT2D eigenvalue weighted by atomic mass is 9.89. The molecule has 6 rings (SSSR count). The number of carbonyl (C=O) groups excluding carboxylic acids is 2. The smallest absolute Gasteiger partial charge is 0.410 e. The van der Waals surface area contributed by atoms with Crippen LogP contribution in [0.5, 0.6) is 0 Å². The van der Waals surface area contributed by atoms with Crippen LogP contribution >= 0.6 is 0 Å². The first kappa shape index (κ1) is 31.0. The highest BCUT2D eigenvalue weighted by molar-refractivity contribution is 6.04. The van der Waals surface area contributed by atoms with E-state index in [4.69, 9.17) is 14.6 Å². The molecule has 1 aliphatic heterocycles. The van der Waals surface area contributed by atoms with E-state index >= 15 is 0 Å². The zero-order valence-corrected chi connectivity index (χ0v) is 26.3.